The number of likely N-dealkylation sites (tertiary alicyclic amines) is 1. The van der Waals surface area contributed by atoms with Gasteiger partial charge >= 0.3 is 0 Å². The molecule has 2 aromatic rings. The molecular formula is C19H23N3O5. The summed E-state index contributed by atoms with van der Waals surface area (Å²) in [6.07, 6.45) is 1.88. The molecule has 2 fully saturated rings. The van der Waals surface area contributed by atoms with Gasteiger partial charge in [-0.05, 0) is 25.5 Å². The largest absolute Gasteiger partial charge is 0.484 e. The summed E-state index contributed by atoms with van der Waals surface area (Å²) in [5.74, 6) is 0.774. The Balaban J connectivity index is 1.33. The van der Waals surface area contributed by atoms with E-state index in [0.29, 0.717) is 32.1 Å². The summed E-state index contributed by atoms with van der Waals surface area (Å²) in [5, 5.41) is 3.88. The van der Waals surface area contributed by atoms with Crippen LogP contribution in [0.2, 0.25) is 0 Å². The molecule has 0 aliphatic carbocycles. The van der Waals surface area contributed by atoms with E-state index < -0.39 is 0 Å². The number of nitrogens with zero attached hydrogens (tertiary/aromatic N) is 3. The summed E-state index contributed by atoms with van der Waals surface area (Å²) in [4.78, 5) is 18.5. The third-order valence-corrected chi connectivity index (χ3v) is 4.81. The highest BCUT2D eigenvalue weighted by molar-refractivity contribution is 5.91. The lowest BCUT2D eigenvalue weighted by atomic mass is 10.3. The lowest BCUT2D eigenvalue weighted by Crippen LogP contribution is -2.32. The van der Waals surface area contributed by atoms with Crippen LogP contribution in [0.4, 0.5) is 0 Å². The Morgan fingerprint density at radius 1 is 1.26 bits per heavy atom. The van der Waals surface area contributed by atoms with Gasteiger partial charge in [0.1, 0.15) is 24.1 Å². The van der Waals surface area contributed by atoms with E-state index >= 15 is 0 Å². The van der Waals surface area contributed by atoms with E-state index in [1.165, 1.54) is 0 Å². The third-order valence-electron chi connectivity index (χ3n) is 4.81. The molecule has 8 heteroatoms. The summed E-state index contributed by atoms with van der Waals surface area (Å²) < 4.78 is 23.0. The van der Waals surface area contributed by atoms with Gasteiger partial charge in [0.05, 0.1) is 38.2 Å². The predicted octanol–water partition coefficient (Wildman–Crippen LogP) is 1.63. The predicted molar refractivity (Wildman–Crippen MR) is 94.7 cm³/mol. The zero-order valence-electron chi connectivity index (χ0n) is 15.5. The van der Waals surface area contributed by atoms with Crippen molar-refractivity contribution >= 4 is 5.91 Å². The van der Waals surface area contributed by atoms with Gasteiger partial charge in [-0.15, -0.1) is 0 Å². The van der Waals surface area contributed by atoms with Gasteiger partial charge in [0, 0.05) is 11.8 Å². The van der Waals surface area contributed by atoms with Crippen molar-refractivity contribution in [3.8, 4) is 5.75 Å². The number of aryl methyl sites for hydroxylation is 2. The Morgan fingerprint density at radius 2 is 2.00 bits per heavy atom. The summed E-state index contributed by atoms with van der Waals surface area (Å²) >= 11 is 0. The lowest BCUT2D eigenvalue weighted by Gasteiger charge is -2.18. The van der Waals surface area contributed by atoms with Gasteiger partial charge in [-0.25, -0.2) is 0 Å². The number of hydrogen-bond donors (Lipinski definition) is 0. The highest BCUT2D eigenvalue weighted by Crippen LogP contribution is 2.23. The smallest absolute Gasteiger partial charge is 0.292 e. The van der Waals surface area contributed by atoms with Crippen molar-refractivity contribution in [2.24, 2.45) is 0 Å². The maximum atomic E-state index is 12.6. The highest BCUT2D eigenvalue weighted by atomic mass is 16.6. The number of carbonyl (C=O) groups excluding carboxylic acids is 1. The van der Waals surface area contributed by atoms with Crippen LogP contribution in [0.3, 0.4) is 0 Å². The van der Waals surface area contributed by atoms with Crippen LogP contribution in [0.1, 0.15) is 28.9 Å². The molecule has 2 aliphatic heterocycles. The number of pyridine rings is 1. The third kappa shape index (κ3) is 3.96. The average molecular weight is 373 g/mol. The van der Waals surface area contributed by atoms with Crippen LogP contribution in [0.25, 0.3) is 0 Å². The monoisotopic (exact) mass is 373 g/mol. The minimum atomic E-state index is -0.203. The standard InChI is InChI=1S/C19H23N3O5/c1-3-13-6-16(27-21-13)19(23)22-8-17-18(9-22)25-11-15(10-24-17)26-14-5-4-12(2)20-7-14/h4-7,15,17-18H,3,8-11H2,1-2H3/t17-,18-/m0/s1. The van der Waals surface area contributed by atoms with Crippen LogP contribution < -0.4 is 4.74 Å². The number of aromatic nitrogens is 2. The van der Waals surface area contributed by atoms with Gasteiger partial charge in [-0.1, -0.05) is 12.1 Å². The average Bonchev–Trinajstić information content (AvgIpc) is 3.28. The first kappa shape index (κ1) is 17.9. The van der Waals surface area contributed by atoms with E-state index in [-0.39, 0.29) is 30.0 Å². The SMILES string of the molecule is CCc1cc(C(=O)N2C[C@@H]3OCC(Oc4ccc(C)nc4)CO[C@H]3C2)on1. The lowest BCUT2D eigenvalue weighted by molar-refractivity contribution is -0.00461. The van der Waals surface area contributed by atoms with Crippen LogP contribution in [-0.2, 0) is 15.9 Å². The number of fused-ring (bicyclic) bond motifs is 1. The summed E-state index contributed by atoms with van der Waals surface area (Å²) in [5.41, 5.74) is 1.71. The molecule has 0 radical (unpaired) electrons. The molecule has 0 spiro atoms. The molecule has 4 rings (SSSR count). The van der Waals surface area contributed by atoms with Gasteiger partial charge in [0.15, 0.2) is 0 Å². The van der Waals surface area contributed by atoms with Crippen LogP contribution in [0.15, 0.2) is 28.9 Å². The summed E-state index contributed by atoms with van der Waals surface area (Å²) in [6.45, 7) is 5.62. The first-order valence-electron chi connectivity index (χ1n) is 9.19. The molecule has 144 valence electrons. The molecule has 2 saturated heterocycles. The molecule has 0 aromatic carbocycles. The van der Waals surface area contributed by atoms with E-state index in [4.69, 9.17) is 18.7 Å². The van der Waals surface area contributed by atoms with Crippen molar-refractivity contribution in [2.45, 2.75) is 38.6 Å². The number of hydrogen-bond acceptors (Lipinski definition) is 7. The van der Waals surface area contributed by atoms with E-state index in [9.17, 15) is 4.79 Å². The Hall–Kier alpha value is -2.45. The van der Waals surface area contributed by atoms with Crippen molar-refractivity contribution in [1.29, 1.82) is 0 Å². The molecule has 2 atom stereocenters. The van der Waals surface area contributed by atoms with E-state index in [1.807, 2.05) is 26.0 Å². The first-order chi connectivity index (χ1) is 13.1. The second-order valence-corrected chi connectivity index (χ2v) is 6.86. The molecule has 0 saturated carbocycles. The summed E-state index contributed by atoms with van der Waals surface area (Å²) in [6, 6.07) is 5.48. The maximum Gasteiger partial charge on any atom is 0.292 e. The molecule has 4 heterocycles. The van der Waals surface area contributed by atoms with Crippen LogP contribution in [0, 0.1) is 6.92 Å². The Morgan fingerprint density at radius 3 is 2.59 bits per heavy atom. The Labute approximate surface area is 157 Å². The Kier molecular flexibility index (Phi) is 5.09. The van der Waals surface area contributed by atoms with Gasteiger partial charge in [0.2, 0.25) is 5.76 Å². The number of carbonyl (C=O) groups is 1. The van der Waals surface area contributed by atoms with Crippen molar-refractivity contribution in [3.63, 3.8) is 0 Å². The van der Waals surface area contributed by atoms with Crippen molar-refractivity contribution in [1.82, 2.24) is 15.0 Å². The molecule has 2 aliphatic rings. The normalized spacial score (nSPS) is 23.1. The first-order valence-corrected chi connectivity index (χ1v) is 9.19. The van der Waals surface area contributed by atoms with E-state index in [2.05, 4.69) is 10.1 Å². The van der Waals surface area contributed by atoms with Gasteiger partial charge in [-0.2, -0.15) is 0 Å². The molecule has 1 amide bonds. The number of ether oxygens (including phenoxy) is 3. The molecular weight excluding hydrogens is 350 g/mol. The second kappa shape index (κ2) is 7.66. The van der Waals surface area contributed by atoms with Crippen molar-refractivity contribution < 1.29 is 23.5 Å². The second-order valence-electron chi connectivity index (χ2n) is 6.86. The van der Waals surface area contributed by atoms with Crippen LogP contribution >= 0.6 is 0 Å². The van der Waals surface area contributed by atoms with Crippen LogP contribution in [-0.4, -0.2) is 65.6 Å². The maximum absolute atomic E-state index is 12.6. The molecule has 0 N–H and O–H groups in total. The molecule has 0 bridgehead atoms. The van der Waals surface area contributed by atoms with Crippen molar-refractivity contribution in [2.75, 3.05) is 26.3 Å². The summed E-state index contributed by atoms with van der Waals surface area (Å²) in [7, 11) is 0. The molecule has 8 nitrogen and oxygen atoms in total. The molecule has 27 heavy (non-hydrogen) atoms. The van der Waals surface area contributed by atoms with Gasteiger partial charge in [-0.3, -0.25) is 9.78 Å². The fourth-order valence-corrected chi connectivity index (χ4v) is 3.26. The number of rotatable bonds is 4. The van der Waals surface area contributed by atoms with E-state index in [1.54, 1.807) is 17.2 Å². The van der Waals surface area contributed by atoms with Crippen molar-refractivity contribution in [3.05, 3.63) is 41.5 Å². The van der Waals surface area contributed by atoms with E-state index in [0.717, 1.165) is 17.8 Å². The quantitative estimate of drug-likeness (QED) is 0.805. The molecule has 0 unspecified atom stereocenters. The fraction of sp³-hybridized carbons (Fsp3) is 0.526. The van der Waals surface area contributed by atoms with Gasteiger partial charge < -0.3 is 23.6 Å². The van der Waals surface area contributed by atoms with Gasteiger partial charge in [0.25, 0.3) is 5.91 Å². The fourth-order valence-electron chi connectivity index (χ4n) is 3.26. The number of amides is 1. The highest BCUT2D eigenvalue weighted by Gasteiger charge is 2.40. The zero-order valence-corrected chi connectivity index (χ0v) is 15.5. The zero-order chi connectivity index (χ0) is 18.8. The Bertz CT molecular complexity index is 775. The van der Waals surface area contributed by atoms with Crippen LogP contribution in [0.5, 0.6) is 5.75 Å². The molecule has 2 aromatic heterocycles. The minimum absolute atomic E-state index is 0.174. The topological polar surface area (TPSA) is 86.9 Å². The minimum Gasteiger partial charge on any atom is -0.484 e.